The molecular formula is C24H19ClN2O2. The number of para-hydroxylation sites is 2. The molecule has 3 aromatic carbocycles. The summed E-state index contributed by atoms with van der Waals surface area (Å²) < 4.78 is 5.99. The lowest BCUT2D eigenvalue weighted by Crippen LogP contribution is -2.22. The van der Waals surface area contributed by atoms with Crippen molar-refractivity contribution in [2.45, 2.75) is 13.8 Å². The zero-order valence-corrected chi connectivity index (χ0v) is 16.8. The number of rotatable bonds is 3. The van der Waals surface area contributed by atoms with Crippen molar-refractivity contribution in [3.63, 3.8) is 0 Å². The van der Waals surface area contributed by atoms with Crippen LogP contribution >= 0.6 is 11.6 Å². The zero-order valence-electron chi connectivity index (χ0n) is 16.1. The second kappa shape index (κ2) is 7.94. The number of carbonyl (C=O) groups is 1. The summed E-state index contributed by atoms with van der Waals surface area (Å²) in [4.78, 5) is 17.7. The molecular weight excluding hydrogens is 384 g/mol. The number of carbonyl (C=O) groups excluding carboxylic acids is 1. The number of fused-ring (bicyclic) bond motifs is 1. The van der Waals surface area contributed by atoms with Crippen molar-refractivity contribution in [2.75, 3.05) is 5.32 Å². The standard InChI is InChI=1S/C24H19ClN2O2/c1-15-11-12-21(19(25)13-15)27-24-18(14-17-8-4-6-10-22(17)29-24)23(28)26-20-9-5-3-7-16(20)2/h3-14H,1-2H3,(H,26,28). The number of hydrogen-bond acceptors (Lipinski definition) is 3. The number of aryl methyl sites for hydroxylation is 2. The predicted octanol–water partition coefficient (Wildman–Crippen LogP) is 6.19. The highest BCUT2D eigenvalue weighted by atomic mass is 35.5. The van der Waals surface area contributed by atoms with Gasteiger partial charge in [0, 0.05) is 11.1 Å². The molecule has 5 heteroatoms. The quantitative estimate of drug-likeness (QED) is 0.444. The normalized spacial score (nSPS) is 11.6. The lowest BCUT2D eigenvalue weighted by molar-refractivity contribution is 0.102. The van der Waals surface area contributed by atoms with Crippen molar-refractivity contribution in [1.29, 1.82) is 0 Å². The summed E-state index contributed by atoms with van der Waals surface area (Å²) >= 11 is 6.34. The van der Waals surface area contributed by atoms with E-state index in [9.17, 15) is 4.79 Å². The first-order chi connectivity index (χ1) is 14.0. The van der Waals surface area contributed by atoms with E-state index in [0.29, 0.717) is 21.9 Å². The number of anilines is 1. The molecule has 4 aromatic rings. The van der Waals surface area contributed by atoms with E-state index in [4.69, 9.17) is 16.0 Å². The minimum Gasteiger partial charge on any atom is -0.438 e. The maximum absolute atomic E-state index is 13.1. The molecule has 1 N–H and O–H groups in total. The summed E-state index contributed by atoms with van der Waals surface area (Å²) in [5.41, 5.74) is 4.47. The first-order valence-corrected chi connectivity index (χ1v) is 9.60. The fourth-order valence-electron chi connectivity index (χ4n) is 3.03. The molecule has 0 spiro atoms. The molecule has 0 fully saturated rings. The molecule has 0 unspecified atom stereocenters. The maximum atomic E-state index is 13.1. The van der Waals surface area contributed by atoms with Gasteiger partial charge in [0.15, 0.2) is 0 Å². The van der Waals surface area contributed by atoms with Crippen LogP contribution in [0.2, 0.25) is 5.02 Å². The lowest BCUT2D eigenvalue weighted by atomic mass is 10.1. The third-order valence-electron chi connectivity index (χ3n) is 4.62. The SMILES string of the molecule is Cc1ccc(N=c2oc3ccccc3cc2C(=O)Nc2ccccc2C)c(Cl)c1. The monoisotopic (exact) mass is 402 g/mol. The van der Waals surface area contributed by atoms with Gasteiger partial charge in [0.05, 0.1) is 10.7 Å². The Morgan fingerprint density at radius 2 is 1.72 bits per heavy atom. The Morgan fingerprint density at radius 3 is 2.52 bits per heavy atom. The molecule has 4 nitrogen and oxygen atoms in total. The summed E-state index contributed by atoms with van der Waals surface area (Å²) in [7, 11) is 0. The van der Waals surface area contributed by atoms with E-state index in [2.05, 4.69) is 10.3 Å². The number of halogens is 1. The highest BCUT2D eigenvalue weighted by Gasteiger charge is 2.14. The summed E-state index contributed by atoms with van der Waals surface area (Å²) in [5, 5.41) is 4.26. The maximum Gasteiger partial charge on any atom is 0.261 e. The van der Waals surface area contributed by atoms with Crippen molar-refractivity contribution in [3.8, 4) is 0 Å². The van der Waals surface area contributed by atoms with Gasteiger partial charge in [-0.1, -0.05) is 54.1 Å². The van der Waals surface area contributed by atoms with Crippen LogP contribution < -0.4 is 10.9 Å². The Morgan fingerprint density at radius 1 is 0.966 bits per heavy atom. The van der Waals surface area contributed by atoms with E-state index < -0.39 is 0 Å². The second-order valence-corrected chi connectivity index (χ2v) is 7.25. The Hall–Kier alpha value is -3.37. The van der Waals surface area contributed by atoms with Crippen LogP contribution in [0.1, 0.15) is 21.5 Å². The molecule has 4 rings (SSSR count). The van der Waals surface area contributed by atoms with Gasteiger partial charge in [0.25, 0.3) is 5.91 Å². The van der Waals surface area contributed by atoms with E-state index in [-0.39, 0.29) is 11.5 Å². The van der Waals surface area contributed by atoms with E-state index in [1.807, 2.05) is 80.6 Å². The fourth-order valence-corrected chi connectivity index (χ4v) is 3.31. The van der Waals surface area contributed by atoms with E-state index in [1.54, 1.807) is 6.07 Å². The summed E-state index contributed by atoms with van der Waals surface area (Å²) in [6, 6.07) is 22.5. The lowest BCUT2D eigenvalue weighted by Gasteiger charge is -2.09. The fraction of sp³-hybridized carbons (Fsp3) is 0.0833. The van der Waals surface area contributed by atoms with Crippen LogP contribution in [0.5, 0.6) is 0 Å². The van der Waals surface area contributed by atoms with Crippen LogP contribution in [0.4, 0.5) is 11.4 Å². The van der Waals surface area contributed by atoms with Crippen LogP contribution in [-0.2, 0) is 0 Å². The Kier molecular flexibility index (Phi) is 5.19. The second-order valence-electron chi connectivity index (χ2n) is 6.84. The summed E-state index contributed by atoms with van der Waals surface area (Å²) in [6.07, 6.45) is 0. The Labute approximate surface area is 173 Å². The first-order valence-electron chi connectivity index (χ1n) is 9.22. The highest BCUT2D eigenvalue weighted by Crippen LogP contribution is 2.25. The predicted molar refractivity (Wildman–Crippen MR) is 117 cm³/mol. The number of amides is 1. The molecule has 0 atom stereocenters. The van der Waals surface area contributed by atoms with Crippen molar-refractivity contribution in [2.24, 2.45) is 4.99 Å². The highest BCUT2D eigenvalue weighted by molar-refractivity contribution is 6.33. The van der Waals surface area contributed by atoms with Crippen LogP contribution in [-0.4, -0.2) is 5.91 Å². The molecule has 144 valence electrons. The third-order valence-corrected chi connectivity index (χ3v) is 4.92. The van der Waals surface area contributed by atoms with E-state index >= 15 is 0 Å². The first kappa shape index (κ1) is 19.0. The topological polar surface area (TPSA) is 54.6 Å². The van der Waals surface area contributed by atoms with Crippen LogP contribution in [0.15, 0.2) is 82.2 Å². The molecule has 1 heterocycles. The van der Waals surface area contributed by atoms with Gasteiger partial charge in [-0.25, -0.2) is 4.99 Å². The van der Waals surface area contributed by atoms with Gasteiger partial charge in [-0.05, 0) is 55.3 Å². The van der Waals surface area contributed by atoms with Gasteiger partial charge in [0.2, 0.25) is 5.55 Å². The van der Waals surface area contributed by atoms with E-state index in [0.717, 1.165) is 22.2 Å². The molecule has 1 amide bonds. The summed E-state index contributed by atoms with van der Waals surface area (Å²) in [5.74, 6) is -0.296. The number of benzene rings is 3. The molecule has 29 heavy (non-hydrogen) atoms. The van der Waals surface area contributed by atoms with Crippen molar-refractivity contribution >= 4 is 39.9 Å². The molecule has 0 aliphatic rings. The van der Waals surface area contributed by atoms with E-state index in [1.165, 1.54) is 0 Å². The molecule has 1 aromatic heterocycles. The largest absolute Gasteiger partial charge is 0.438 e. The van der Waals surface area contributed by atoms with Gasteiger partial charge < -0.3 is 9.73 Å². The summed E-state index contributed by atoms with van der Waals surface area (Å²) in [6.45, 7) is 3.90. The van der Waals surface area contributed by atoms with Crippen molar-refractivity contribution in [1.82, 2.24) is 0 Å². The number of hydrogen-bond donors (Lipinski definition) is 1. The Bertz CT molecular complexity index is 1290. The van der Waals surface area contributed by atoms with Gasteiger partial charge >= 0.3 is 0 Å². The van der Waals surface area contributed by atoms with Crippen LogP contribution in [0, 0.1) is 13.8 Å². The molecule has 0 bridgehead atoms. The zero-order chi connectivity index (χ0) is 20.4. The third kappa shape index (κ3) is 4.08. The number of nitrogens with zero attached hydrogens (tertiary/aromatic N) is 1. The Balaban J connectivity index is 1.87. The average Bonchev–Trinajstić information content (AvgIpc) is 2.71. The molecule has 0 radical (unpaired) electrons. The average molecular weight is 403 g/mol. The van der Waals surface area contributed by atoms with Crippen molar-refractivity contribution < 1.29 is 9.21 Å². The van der Waals surface area contributed by atoms with Crippen molar-refractivity contribution in [3.05, 3.63) is 100 Å². The van der Waals surface area contributed by atoms with Crippen LogP contribution in [0.25, 0.3) is 11.0 Å². The molecule has 0 aliphatic heterocycles. The van der Waals surface area contributed by atoms with Gasteiger partial charge in [-0.3, -0.25) is 4.79 Å². The molecule has 0 saturated heterocycles. The van der Waals surface area contributed by atoms with Gasteiger partial charge in [-0.15, -0.1) is 0 Å². The van der Waals surface area contributed by atoms with Crippen LogP contribution in [0.3, 0.4) is 0 Å². The minimum atomic E-state index is -0.296. The molecule has 0 aliphatic carbocycles. The van der Waals surface area contributed by atoms with Gasteiger partial charge in [0.1, 0.15) is 11.1 Å². The van der Waals surface area contributed by atoms with Gasteiger partial charge in [-0.2, -0.15) is 0 Å². The molecule has 0 saturated carbocycles. The number of nitrogens with one attached hydrogen (secondary N) is 1. The minimum absolute atomic E-state index is 0.209. The smallest absolute Gasteiger partial charge is 0.261 e.